The highest BCUT2D eigenvalue weighted by Crippen LogP contribution is 2.20. The number of nitrogens with one attached hydrogen (secondary N) is 1. The second-order valence-electron chi connectivity index (χ2n) is 5.36. The molecule has 0 amide bonds. The Morgan fingerprint density at radius 1 is 1.22 bits per heavy atom. The molecule has 1 aromatic carbocycles. The molecule has 0 spiro atoms. The number of ether oxygens (including phenoxy) is 1. The van der Waals surface area contributed by atoms with Gasteiger partial charge in [0, 0.05) is 12.6 Å². The van der Waals surface area contributed by atoms with E-state index in [0.717, 1.165) is 13.2 Å². The molecule has 0 saturated heterocycles. The molecule has 0 aromatic heterocycles. The van der Waals surface area contributed by atoms with Crippen molar-refractivity contribution in [3.05, 3.63) is 35.4 Å². The topological polar surface area (TPSA) is 21.3 Å². The van der Waals surface area contributed by atoms with E-state index < -0.39 is 0 Å². The monoisotopic (exact) mass is 247 g/mol. The Hall–Kier alpha value is -0.860. The smallest absolute Gasteiger partial charge is 0.0594 e. The van der Waals surface area contributed by atoms with Gasteiger partial charge in [-0.05, 0) is 32.3 Å². The summed E-state index contributed by atoms with van der Waals surface area (Å²) in [7, 11) is 0. The van der Waals surface area contributed by atoms with E-state index in [9.17, 15) is 0 Å². The summed E-state index contributed by atoms with van der Waals surface area (Å²) in [6, 6.07) is 9.14. The Kier molecular flexibility index (Phi) is 5.21. The number of rotatable bonds is 6. The summed E-state index contributed by atoms with van der Waals surface area (Å²) in [6.07, 6.45) is 5.73. The van der Waals surface area contributed by atoms with Gasteiger partial charge in [-0.1, -0.05) is 42.7 Å². The van der Waals surface area contributed by atoms with Crippen LogP contribution in [0.15, 0.2) is 24.3 Å². The molecule has 1 aliphatic rings. The largest absolute Gasteiger partial charge is 0.377 e. The molecule has 18 heavy (non-hydrogen) atoms. The minimum Gasteiger partial charge on any atom is -0.377 e. The molecule has 2 heteroatoms. The van der Waals surface area contributed by atoms with Gasteiger partial charge in [0.15, 0.2) is 0 Å². The highest BCUT2D eigenvalue weighted by molar-refractivity contribution is 5.23. The van der Waals surface area contributed by atoms with Crippen molar-refractivity contribution >= 4 is 0 Å². The molecule has 1 N–H and O–H groups in total. The van der Waals surface area contributed by atoms with E-state index >= 15 is 0 Å². The molecule has 1 unspecified atom stereocenters. The van der Waals surface area contributed by atoms with Crippen molar-refractivity contribution in [3.63, 3.8) is 0 Å². The van der Waals surface area contributed by atoms with Crippen molar-refractivity contribution in [2.75, 3.05) is 13.2 Å². The van der Waals surface area contributed by atoms with E-state index in [-0.39, 0.29) is 0 Å². The minimum atomic E-state index is 0.401. The Labute approximate surface area is 111 Å². The van der Waals surface area contributed by atoms with Crippen LogP contribution in [0.4, 0.5) is 0 Å². The molecule has 2 rings (SSSR count). The summed E-state index contributed by atoms with van der Waals surface area (Å²) >= 11 is 0. The molecule has 1 atom stereocenters. The lowest BCUT2D eigenvalue weighted by Crippen LogP contribution is -2.25. The molecular formula is C16H25NO. The van der Waals surface area contributed by atoms with Crippen LogP contribution in [0, 0.1) is 6.92 Å². The summed E-state index contributed by atoms with van der Waals surface area (Å²) in [6.45, 7) is 6.10. The van der Waals surface area contributed by atoms with Crippen LogP contribution in [-0.2, 0) is 4.74 Å². The first-order valence-corrected chi connectivity index (χ1v) is 7.17. The lowest BCUT2D eigenvalue weighted by Gasteiger charge is -2.16. The van der Waals surface area contributed by atoms with Gasteiger partial charge >= 0.3 is 0 Å². The van der Waals surface area contributed by atoms with Crippen molar-refractivity contribution in [1.82, 2.24) is 5.32 Å². The van der Waals surface area contributed by atoms with E-state index in [0.29, 0.717) is 12.1 Å². The van der Waals surface area contributed by atoms with Gasteiger partial charge in [0.05, 0.1) is 12.7 Å². The SMILES string of the molecule is Cc1ccc(C(C)NCCOC2CCCC2)cc1. The second-order valence-corrected chi connectivity index (χ2v) is 5.36. The van der Waals surface area contributed by atoms with Crippen molar-refractivity contribution in [1.29, 1.82) is 0 Å². The molecule has 0 heterocycles. The van der Waals surface area contributed by atoms with E-state index in [2.05, 4.69) is 43.4 Å². The number of benzene rings is 1. The van der Waals surface area contributed by atoms with Gasteiger partial charge < -0.3 is 10.1 Å². The van der Waals surface area contributed by atoms with Gasteiger partial charge in [-0.15, -0.1) is 0 Å². The zero-order valence-corrected chi connectivity index (χ0v) is 11.6. The van der Waals surface area contributed by atoms with Gasteiger partial charge in [0.2, 0.25) is 0 Å². The van der Waals surface area contributed by atoms with Gasteiger partial charge in [0.25, 0.3) is 0 Å². The predicted octanol–water partition coefficient (Wildman–Crippen LogP) is 3.60. The lowest BCUT2D eigenvalue weighted by atomic mass is 10.1. The molecule has 1 fully saturated rings. The molecule has 1 saturated carbocycles. The molecule has 100 valence electrons. The van der Waals surface area contributed by atoms with Crippen molar-refractivity contribution in [3.8, 4) is 0 Å². The number of hydrogen-bond donors (Lipinski definition) is 1. The van der Waals surface area contributed by atoms with Gasteiger partial charge in [0.1, 0.15) is 0 Å². The normalized spacial score (nSPS) is 18.1. The van der Waals surface area contributed by atoms with Crippen LogP contribution in [0.25, 0.3) is 0 Å². The van der Waals surface area contributed by atoms with Crippen LogP contribution in [0.2, 0.25) is 0 Å². The van der Waals surface area contributed by atoms with E-state index in [1.807, 2.05) is 0 Å². The van der Waals surface area contributed by atoms with Gasteiger partial charge in [-0.2, -0.15) is 0 Å². The molecule has 1 aromatic rings. The second kappa shape index (κ2) is 6.91. The van der Waals surface area contributed by atoms with E-state index in [4.69, 9.17) is 4.74 Å². The summed E-state index contributed by atoms with van der Waals surface area (Å²) in [4.78, 5) is 0. The first kappa shape index (κ1) is 13.6. The Morgan fingerprint density at radius 2 is 1.89 bits per heavy atom. The summed E-state index contributed by atoms with van der Waals surface area (Å²) in [5.41, 5.74) is 2.66. The molecule has 0 radical (unpaired) electrons. The highest BCUT2D eigenvalue weighted by atomic mass is 16.5. The van der Waals surface area contributed by atoms with Crippen LogP contribution >= 0.6 is 0 Å². The summed E-state index contributed by atoms with van der Waals surface area (Å²) in [5, 5.41) is 3.52. The summed E-state index contributed by atoms with van der Waals surface area (Å²) < 4.78 is 5.85. The van der Waals surface area contributed by atoms with E-state index in [1.54, 1.807) is 0 Å². The van der Waals surface area contributed by atoms with Crippen LogP contribution < -0.4 is 5.32 Å². The summed E-state index contributed by atoms with van der Waals surface area (Å²) in [5.74, 6) is 0. The molecule has 2 nitrogen and oxygen atoms in total. The van der Waals surface area contributed by atoms with Crippen molar-refractivity contribution in [2.45, 2.75) is 51.7 Å². The maximum Gasteiger partial charge on any atom is 0.0594 e. The highest BCUT2D eigenvalue weighted by Gasteiger charge is 2.14. The average Bonchev–Trinajstić information content (AvgIpc) is 2.88. The zero-order chi connectivity index (χ0) is 12.8. The Bertz CT molecular complexity index is 341. The maximum absolute atomic E-state index is 5.85. The van der Waals surface area contributed by atoms with Crippen LogP contribution in [-0.4, -0.2) is 19.3 Å². The van der Waals surface area contributed by atoms with Crippen molar-refractivity contribution < 1.29 is 4.74 Å². The zero-order valence-electron chi connectivity index (χ0n) is 11.6. The fourth-order valence-corrected chi connectivity index (χ4v) is 2.53. The van der Waals surface area contributed by atoms with Crippen LogP contribution in [0.3, 0.4) is 0 Å². The molecule has 0 bridgehead atoms. The third-order valence-corrected chi connectivity index (χ3v) is 3.79. The first-order chi connectivity index (χ1) is 8.75. The fourth-order valence-electron chi connectivity index (χ4n) is 2.53. The lowest BCUT2D eigenvalue weighted by molar-refractivity contribution is 0.0593. The van der Waals surface area contributed by atoms with Crippen LogP contribution in [0.1, 0.15) is 49.8 Å². The third kappa shape index (κ3) is 4.11. The molecule has 0 aliphatic heterocycles. The molecule has 1 aliphatic carbocycles. The Balaban J connectivity index is 1.64. The maximum atomic E-state index is 5.85. The van der Waals surface area contributed by atoms with Crippen molar-refractivity contribution in [2.24, 2.45) is 0 Å². The Morgan fingerprint density at radius 3 is 2.56 bits per heavy atom. The standard InChI is InChI=1S/C16H25NO/c1-13-7-9-15(10-8-13)14(2)17-11-12-18-16-5-3-4-6-16/h7-10,14,16-17H,3-6,11-12H2,1-2H3. The van der Waals surface area contributed by atoms with Gasteiger partial charge in [-0.3, -0.25) is 0 Å². The number of hydrogen-bond acceptors (Lipinski definition) is 2. The molecular weight excluding hydrogens is 222 g/mol. The number of aryl methyl sites for hydroxylation is 1. The van der Waals surface area contributed by atoms with Gasteiger partial charge in [-0.25, -0.2) is 0 Å². The predicted molar refractivity (Wildman–Crippen MR) is 75.8 cm³/mol. The van der Waals surface area contributed by atoms with E-state index in [1.165, 1.54) is 36.8 Å². The minimum absolute atomic E-state index is 0.401. The fraction of sp³-hybridized carbons (Fsp3) is 0.625. The average molecular weight is 247 g/mol. The first-order valence-electron chi connectivity index (χ1n) is 7.17. The third-order valence-electron chi connectivity index (χ3n) is 3.79. The van der Waals surface area contributed by atoms with Crippen LogP contribution in [0.5, 0.6) is 0 Å². The quantitative estimate of drug-likeness (QED) is 0.775.